The van der Waals surface area contributed by atoms with Crippen molar-refractivity contribution in [2.75, 3.05) is 6.61 Å². The average molecular weight is 394 g/mol. The number of benzene rings is 1. The zero-order valence-corrected chi connectivity index (χ0v) is 14.1. The van der Waals surface area contributed by atoms with E-state index in [1.54, 1.807) is 6.08 Å². The lowest BCUT2D eigenvalue weighted by Gasteiger charge is -2.13. The van der Waals surface area contributed by atoms with Crippen molar-refractivity contribution in [3.63, 3.8) is 0 Å². The number of fused-ring (bicyclic) bond motifs is 3. The molecule has 0 saturated heterocycles. The fraction of sp³-hybridized carbons (Fsp3) is 0.286. The zero-order valence-electron chi connectivity index (χ0n) is 12.5. The summed E-state index contributed by atoms with van der Waals surface area (Å²) in [5.74, 6) is 0.592. The molecule has 1 aliphatic carbocycles. The van der Waals surface area contributed by atoms with Gasteiger partial charge in [-0.15, -0.1) is 0 Å². The van der Waals surface area contributed by atoms with E-state index in [4.69, 9.17) is 8.97 Å². The highest BCUT2D eigenvalue weighted by atomic mass is 32.2. The van der Waals surface area contributed by atoms with Crippen molar-refractivity contribution in [2.45, 2.75) is 23.0 Å². The number of furan rings is 1. The summed E-state index contributed by atoms with van der Waals surface area (Å²) >= 11 is 0. The summed E-state index contributed by atoms with van der Waals surface area (Å²) in [4.78, 5) is -0.471. The monoisotopic (exact) mass is 394 g/mol. The lowest BCUT2D eigenvalue weighted by Crippen LogP contribution is -2.34. The van der Waals surface area contributed by atoms with Gasteiger partial charge in [-0.25, -0.2) is 0 Å². The third-order valence-corrected chi connectivity index (χ3v) is 5.81. The number of halogens is 2. The van der Waals surface area contributed by atoms with Gasteiger partial charge < -0.3 is 4.42 Å². The van der Waals surface area contributed by atoms with E-state index in [0.717, 1.165) is 30.5 Å². The van der Waals surface area contributed by atoms with Gasteiger partial charge in [0.25, 0.3) is 10.1 Å². The fourth-order valence-corrected chi connectivity index (χ4v) is 3.61. The molecule has 0 radical (unpaired) electrons. The molecule has 1 aliphatic rings. The van der Waals surface area contributed by atoms with E-state index in [1.807, 2.05) is 6.08 Å². The second-order valence-electron chi connectivity index (χ2n) is 5.37. The van der Waals surface area contributed by atoms with Crippen LogP contribution >= 0.6 is 0 Å². The largest absolute Gasteiger partial charge is 0.456 e. The van der Waals surface area contributed by atoms with Crippen LogP contribution in [0.1, 0.15) is 17.7 Å². The fourth-order valence-electron chi connectivity index (χ4n) is 2.40. The zero-order chi connectivity index (χ0) is 18.5. The summed E-state index contributed by atoms with van der Waals surface area (Å²) in [5.41, 5.74) is 1.16. The Morgan fingerprint density at radius 2 is 1.96 bits per heavy atom. The first-order valence-corrected chi connectivity index (χ1v) is 9.82. The van der Waals surface area contributed by atoms with Gasteiger partial charge in [-0.3, -0.25) is 8.74 Å². The van der Waals surface area contributed by atoms with E-state index < -0.39 is 37.0 Å². The Morgan fingerprint density at radius 1 is 1.24 bits per heavy atom. The van der Waals surface area contributed by atoms with Crippen molar-refractivity contribution in [1.29, 1.82) is 0 Å². The minimum Gasteiger partial charge on any atom is -0.456 e. The van der Waals surface area contributed by atoms with Crippen LogP contribution in [0.4, 0.5) is 8.78 Å². The first-order chi connectivity index (χ1) is 11.5. The molecule has 1 heterocycles. The number of aryl methyl sites for hydroxylation is 1. The molecule has 1 aromatic heterocycles. The lowest BCUT2D eigenvalue weighted by molar-refractivity contribution is 0.0312. The highest BCUT2D eigenvalue weighted by Crippen LogP contribution is 2.33. The van der Waals surface area contributed by atoms with Crippen LogP contribution in [-0.4, -0.2) is 33.2 Å². The van der Waals surface area contributed by atoms with Gasteiger partial charge in [-0.2, -0.15) is 25.6 Å². The van der Waals surface area contributed by atoms with Gasteiger partial charge in [0, 0.05) is 17.0 Å². The van der Waals surface area contributed by atoms with Gasteiger partial charge in [0.1, 0.15) is 18.0 Å². The van der Waals surface area contributed by atoms with Gasteiger partial charge in [-0.1, -0.05) is 6.08 Å². The van der Waals surface area contributed by atoms with Crippen LogP contribution in [0.5, 0.6) is 0 Å². The van der Waals surface area contributed by atoms with Crippen molar-refractivity contribution in [3.8, 4) is 0 Å². The molecule has 11 heteroatoms. The van der Waals surface area contributed by atoms with Crippen LogP contribution in [0.3, 0.4) is 0 Å². The normalized spacial score (nSPS) is 15.5. The molecule has 0 aliphatic heterocycles. The number of rotatable bonds is 5. The SMILES string of the molecule is O=S(=O)(OCC(F)(F)S(=O)(=O)O)c1ccc2c3c(oc2c1)C=CCC3. The minimum absolute atomic E-state index is 0.239. The van der Waals surface area contributed by atoms with Crippen LogP contribution in [0.2, 0.25) is 0 Å². The number of allylic oxidation sites excluding steroid dienone is 1. The molecule has 0 saturated carbocycles. The second-order valence-corrected chi connectivity index (χ2v) is 8.54. The quantitative estimate of drug-likeness (QED) is 0.613. The molecule has 25 heavy (non-hydrogen) atoms. The predicted molar refractivity (Wildman–Crippen MR) is 83.2 cm³/mol. The van der Waals surface area contributed by atoms with Crippen molar-refractivity contribution >= 4 is 37.3 Å². The highest BCUT2D eigenvalue weighted by Gasteiger charge is 2.46. The highest BCUT2D eigenvalue weighted by molar-refractivity contribution is 7.87. The Morgan fingerprint density at radius 3 is 2.64 bits per heavy atom. The smallest absolute Gasteiger partial charge is 0.393 e. The summed E-state index contributed by atoms with van der Waals surface area (Å²) in [6.07, 6.45) is 5.20. The molecule has 3 rings (SSSR count). The van der Waals surface area contributed by atoms with Crippen LogP contribution in [0.25, 0.3) is 17.0 Å². The third-order valence-electron chi connectivity index (χ3n) is 3.67. The Balaban J connectivity index is 1.91. The number of alkyl halides is 2. The summed E-state index contributed by atoms with van der Waals surface area (Å²) in [6, 6.07) is 3.73. The van der Waals surface area contributed by atoms with E-state index >= 15 is 0 Å². The van der Waals surface area contributed by atoms with Gasteiger partial charge in [0.05, 0.1) is 4.90 Å². The molecule has 0 amide bonds. The Kier molecular flexibility index (Phi) is 4.22. The van der Waals surface area contributed by atoms with Crippen LogP contribution in [-0.2, 0) is 30.8 Å². The predicted octanol–water partition coefficient (Wildman–Crippen LogP) is 2.58. The van der Waals surface area contributed by atoms with Gasteiger partial charge in [0.15, 0.2) is 0 Å². The molecule has 0 unspecified atom stereocenters. The Hall–Kier alpha value is -1.82. The summed E-state index contributed by atoms with van der Waals surface area (Å²) in [7, 11) is -10.5. The molecule has 7 nitrogen and oxygen atoms in total. The standard InChI is InChI=1S/C14H12F2O7S2/c15-14(16,25(19,20)21)8-22-24(17,18)9-5-6-11-10-3-1-2-4-12(10)23-13(11)7-9/h2,4-7H,1,3,8H2,(H,19,20,21). The average Bonchev–Trinajstić information content (AvgIpc) is 2.90. The third kappa shape index (κ3) is 3.32. The molecule has 0 bridgehead atoms. The van der Waals surface area contributed by atoms with Gasteiger partial charge in [-0.05, 0) is 31.1 Å². The lowest BCUT2D eigenvalue weighted by atomic mass is 10.0. The molecule has 1 N–H and O–H groups in total. The number of hydrogen-bond donors (Lipinski definition) is 1. The number of hydrogen-bond acceptors (Lipinski definition) is 6. The molecule has 0 atom stereocenters. The molecule has 0 fully saturated rings. The van der Waals surface area contributed by atoms with E-state index in [-0.39, 0.29) is 5.58 Å². The second kappa shape index (κ2) is 5.87. The summed E-state index contributed by atoms with van der Waals surface area (Å²) < 4.78 is 89.3. The maximum Gasteiger partial charge on any atom is 0.393 e. The van der Waals surface area contributed by atoms with Crippen LogP contribution in [0, 0.1) is 0 Å². The topological polar surface area (TPSA) is 111 Å². The Labute approximate surface area is 141 Å². The molecule has 1 aromatic carbocycles. The molecule has 2 aromatic rings. The molecular weight excluding hydrogens is 382 g/mol. The van der Waals surface area contributed by atoms with E-state index in [1.165, 1.54) is 6.07 Å². The minimum atomic E-state index is -5.79. The van der Waals surface area contributed by atoms with Gasteiger partial charge >= 0.3 is 15.4 Å². The molecule has 136 valence electrons. The maximum absolute atomic E-state index is 13.1. The van der Waals surface area contributed by atoms with E-state index in [9.17, 15) is 25.6 Å². The van der Waals surface area contributed by atoms with Crippen LogP contribution < -0.4 is 0 Å². The van der Waals surface area contributed by atoms with E-state index in [2.05, 4.69) is 4.18 Å². The van der Waals surface area contributed by atoms with Crippen LogP contribution in [0.15, 0.2) is 33.6 Å². The van der Waals surface area contributed by atoms with Crippen molar-refractivity contribution < 1.29 is 38.8 Å². The van der Waals surface area contributed by atoms with Crippen molar-refractivity contribution in [1.82, 2.24) is 0 Å². The van der Waals surface area contributed by atoms with Crippen molar-refractivity contribution in [3.05, 3.63) is 35.6 Å². The Bertz CT molecular complexity index is 1070. The first kappa shape index (κ1) is 18.0. The first-order valence-electron chi connectivity index (χ1n) is 6.97. The molecular formula is C14H12F2O7S2. The summed E-state index contributed by atoms with van der Waals surface area (Å²) in [5, 5.41) is -4.06. The van der Waals surface area contributed by atoms with Crippen molar-refractivity contribution in [2.24, 2.45) is 0 Å². The maximum atomic E-state index is 13.1. The van der Waals surface area contributed by atoms with E-state index in [0.29, 0.717) is 11.1 Å². The van der Waals surface area contributed by atoms with Gasteiger partial charge in [0.2, 0.25) is 0 Å². The molecule has 0 spiro atoms. The summed E-state index contributed by atoms with van der Waals surface area (Å²) in [6.45, 7) is -2.04.